The standard InChI is InChI=1S/C13H25NO2/c1-4-7-12-8-5-6-9-14(12)13(15)16-10-11(2)3/h11-12H,4-10H2,1-3H3/t12-/m0/s1. The van der Waals surface area contributed by atoms with E-state index in [1.165, 1.54) is 6.42 Å². The Morgan fingerprint density at radius 1 is 1.44 bits per heavy atom. The van der Waals surface area contributed by atoms with Gasteiger partial charge in [-0.1, -0.05) is 27.2 Å². The minimum atomic E-state index is -0.105. The van der Waals surface area contributed by atoms with Crippen molar-refractivity contribution in [2.24, 2.45) is 5.92 Å². The van der Waals surface area contributed by atoms with Crippen molar-refractivity contribution in [3.63, 3.8) is 0 Å². The van der Waals surface area contributed by atoms with Crippen molar-refractivity contribution >= 4 is 6.09 Å². The first-order valence-corrected chi connectivity index (χ1v) is 6.58. The van der Waals surface area contributed by atoms with Crippen molar-refractivity contribution in [3.05, 3.63) is 0 Å². The smallest absolute Gasteiger partial charge is 0.410 e. The summed E-state index contributed by atoms with van der Waals surface area (Å²) < 4.78 is 5.31. The maximum absolute atomic E-state index is 11.9. The minimum Gasteiger partial charge on any atom is -0.449 e. The quantitative estimate of drug-likeness (QED) is 0.736. The van der Waals surface area contributed by atoms with Crippen LogP contribution in [0.2, 0.25) is 0 Å². The van der Waals surface area contributed by atoms with Gasteiger partial charge in [0.25, 0.3) is 0 Å². The molecule has 1 fully saturated rings. The third kappa shape index (κ3) is 4.03. The number of carbonyl (C=O) groups is 1. The summed E-state index contributed by atoms with van der Waals surface area (Å²) in [7, 11) is 0. The van der Waals surface area contributed by atoms with Gasteiger partial charge in [-0.05, 0) is 31.6 Å². The molecular weight excluding hydrogens is 202 g/mol. The normalized spacial score (nSPS) is 21.2. The van der Waals surface area contributed by atoms with Crippen LogP contribution in [0.3, 0.4) is 0 Å². The molecule has 0 bridgehead atoms. The summed E-state index contributed by atoms with van der Waals surface area (Å²) in [6.45, 7) is 7.71. The molecule has 3 nitrogen and oxygen atoms in total. The number of amides is 1. The molecule has 0 aromatic carbocycles. The van der Waals surface area contributed by atoms with Gasteiger partial charge in [-0.15, -0.1) is 0 Å². The van der Waals surface area contributed by atoms with Crippen molar-refractivity contribution < 1.29 is 9.53 Å². The zero-order valence-corrected chi connectivity index (χ0v) is 10.9. The van der Waals surface area contributed by atoms with Gasteiger partial charge in [-0.2, -0.15) is 0 Å². The highest BCUT2D eigenvalue weighted by Gasteiger charge is 2.26. The molecule has 1 amide bonds. The first-order valence-electron chi connectivity index (χ1n) is 6.58. The summed E-state index contributed by atoms with van der Waals surface area (Å²) in [5.41, 5.74) is 0. The molecule has 1 heterocycles. The Morgan fingerprint density at radius 3 is 2.81 bits per heavy atom. The first kappa shape index (κ1) is 13.3. The average Bonchev–Trinajstić information content (AvgIpc) is 2.27. The molecule has 0 saturated carbocycles. The Hall–Kier alpha value is -0.730. The van der Waals surface area contributed by atoms with Gasteiger partial charge in [-0.3, -0.25) is 0 Å². The second-order valence-corrected chi connectivity index (χ2v) is 5.10. The zero-order chi connectivity index (χ0) is 12.0. The van der Waals surface area contributed by atoms with E-state index >= 15 is 0 Å². The Balaban J connectivity index is 2.43. The van der Waals surface area contributed by atoms with Crippen molar-refractivity contribution in [1.82, 2.24) is 4.90 Å². The highest BCUT2D eigenvalue weighted by molar-refractivity contribution is 5.68. The molecule has 1 rings (SSSR count). The van der Waals surface area contributed by atoms with Gasteiger partial charge in [0.15, 0.2) is 0 Å². The molecule has 0 radical (unpaired) electrons. The van der Waals surface area contributed by atoms with Crippen LogP contribution in [0.1, 0.15) is 52.9 Å². The molecule has 0 unspecified atom stereocenters. The highest BCUT2D eigenvalue weighted by Crippen LogP contribution is 2.21. The number of hydrogen-bond donors (Lipinski definition) is 0. The SMILES string of the molecule is CCC[C@H]1CCCCN1C(=O)OCC(C)C. The summed E-state index contributed by atoms with van der Waals surface area (Å²) in [6.07, 6.45) is 5.65. The van der Waals surface area contributed by atoms with E-state index in [4.69, 9.17) is 4.74 Å². The van der Waals surface area contributed by atoms with E-state index in [0.717, 1.165) is 32.2 Å². The topological polar surface area (TPSA) is 29.5 Å². The first-order chi connectivity index (χ1) is 7.65. The molecule has 0 aliphatic carbocycles. The molecule has 0 N–H and O–H groups in total. The third-order valence-electron chi connectivity index (χ3n) is 3.02. The molecule has 0 aromatic heterocycles. The Bertz CT molecular complexity index is 214. The lowest BCUT2D eigenvalue weighted by atomic mass is 9.99. The number of nitrogens with zero attached hydrogens (tertiary/aromatic N) is 1. The lowest BCUT2D eigenvalue weighted by molar-refractivity contribution is 0.0633. The molecule has 0 spiro atoms. The number of hydrogen-bond acceptors (Lipinski definition) is 2. The summed E-state index contributed by atoms with van der Waals surface area (Å²) in [4.78, 5) is 13.8. The number of likely N-dealkylation sites (tertiary alicyclic amines) is 1. The van der Waals surface area contributed by atoms with Crippen LogP contribution in [-0.2, 0) is 4.74 Å². The summed E-state index contributed by atoms with van der Waals surface area (Å²) >= 11 is 0. The number of carbonyl (C=O) groups excluding carboxylic acids is 1. The summed E-state index contributed by atoms with van der Waals surface area (Å²) in [5.74, 6) is 0.415. The molecule has 1 atom stereocenters. The van der Waals surface area contributed by atoms with Crippen LogP contribution in [0, 0.1) is 5.92 Å². The van der Waals surface area contributed by atoms with Crippen LogP contribution < -0.4 is 0 Å². The number of rotatable bonds is 4. The molecule has 3 heteroatoms. The molecule has 1 aliphatic heterocycles. The van der Waals surface area contributed by atoms with Gasteiger partial charge in [0, 0.05) is 12.6 Å². The van der Waals surface area contributed by atoms with Gasteiger partial charge >= 0.3 is 6.09 Å². The van der Waals surface area contributed by atoms with Crippen LogP contribution >= 0.6 is 0 Å². The van der Waals surface area contributed by atoms with E-state index in [1.807, 2.05) is 4.90 Å². The summed E-state index contributed by atoms with van der Waals surface area (Å²) in [5, 5.41) is 0. The van der Waals surface area contributed by atoms with Crippen LogP contribution in [0.25, 0.3) is 0 Å². The predicted molar refractivity (Wildman–Crippen MR) is 65.4 cm³/mol. The van der Waals surface area contributed by atoms with E-state index in [9.17, 15) is 4.79 Å². The van der Waals surface area contributed by atoms with E-state index in [1.54, 1.807) is 0 Å². The van der Waals surface area contributed by atoms with Crippen molar-refractivity contribution in [2.45, 2.75) is 58.9 Å². The third-order valence-corrected chi connectivity index (χ3v) is 3.02. The van der Waals surface area contributed by atoms with E-state index in [-0.39, 0.29) is 6.09 Å². The fraction of sp³-hybridized carbons (Fsp3) is 0.923. The van der Waals surface area contributed by atoms with Gasteiger partial charge in [0.2, 0.25) is 0 Å². The molecule has 1 saturated heterocycles. The molecule has 1 aliphatic rings. The second kappa shape index (κ2) is 6.77. The van der Waals surface area contributed by atoms with E-state index in [2.05, 4.69) is 20.8 Å². The lowest BCUT2D eigenvalue weighted by Gasteiger charge is -2.35. The summed E-state index contributed by atoms with van der Waals surface area (Å²) in [6, 6.07) is 0.415. The van der Waals surface area contributed by atoms with E-state index in [0.29, 0.717) is 18.6 Å². The lowest BCUT2D eigenvalue weighted by Crippen LogP contribution is -2.44. The zero-order valence-electron chi connectivity index (χ0n) is 10.9. The monoisotopic (exact) mass is 227 g/mol. The largest absolute Gasteiger partial charge is 0.449 e. The van der Waals surface area contributed by atoms with Crippen LogP contribution in [0.15, 0.2) is 0 Å². The second-order valence-electron chi connectivity index (χ2n) is 5.10. The molecule has 16 heavy (non-hydrogen) atoms. The molecule has 94 valence electrons. The van der Waals surface area contributed by atoms with E-state index < -0.39 is 0 Å². The molecular formula is C13H25NO2. The maximum atomic E-state index is 11.9. The Labute approximate surface area is 99.1 Å². The Morgan fingerprint density at radius 2 is 2.19 bits per heavy atom. The number of ether oxygens (including phenoxy) is 1. The van der Waals surface area contributed by atoms with Crippen LogP contribution in [-0.4, -0.2) is 30.2 Å². The molecule has 0 aromatic rings. The van der Waals surface area contributed by atoms with Gasteiger partial charge in [0.05, 0.1) is 6.61 Å². The fourth-order valence-corrected chi connectivity index (χ4v) is 2.20. The average molecular weight is 227 g/mol. The van der Waals surface area contributed by atoms with Crippen molar-refractivity contribution in [1.29, 1.82) is 0 Å². The van der Waals surface area contributed by atoms with Gasteiger partial charge < -0.3 is 9.64 Å². The number of piperidine rings is 1. The van der Waals surface area contributed by atoms with Crippen LogP contribution in [0.4, 0.5) is 4.79 Å². The van der Waals surface area contributed by atoms with Crippen molar-refractivity contribution in [3.8, 4) is 0 Å². The van der Waals surface area contributed by atoms with Gasteiger partial charge in [-0.25, -0.2) is 4.79 Å². The van der Waals surface area contributed by atoms with Gasteiger partial charge in [0.1, 0.15) is 0 Å². The van der Waals surface area contributed by atoms with Crippen LogP contribution in [0.5, 0.6) is 0 Å². The van der Waals surface area contributed by atoms with Crippen molar-refractivity contribution in [2.75, 3.05) is 13.2 Å². The Kier molecular flexibility index (Phi) is 5.64. The minimum absolute atomic E-state index is 0.105. The fourth-order valence-electron chi connectivity index (χ4n) is 2.20. The predicted octanol–water partition coefficient (Wildman–Crippen LogP) is 3.43. The highest BCUT2D eigenvalue weighted by atomic mass is 16.6. The maximum Gasteiger partial charge on any atom is 0.410 e.